The third-order valence-corrected chi connectivity index (χ3v) is 4.84. The maximum absolute atomic E-state index is 12.6. The van der Waals surface area contributed by atoms with Crippen molar-refractivity contribution in [3.8, 4) is 0 Å². The van der Waals surface area contributed by atoms with E-state index < -0.39 is 21.4 Å². The van der Waals surface area contributed by atoms with Crippen molar-refractivity contribution in [3.63, 3.8) is 0 Å². The van der Waals surface area contributed by atoms with E-state index in [0.29, 0.717) is 10.5 Å². The van der Waals surface area contributed by atoms with Crippen molar-refractivity contribution in [3.05, 3.63) is 63.4 Å². The Kier molecular flexibility index (Phi) is 4.53. The Balaban J connectivity index is 1.98. The number of anilines is 1. The summed E-state index contributed by atoms with van der Waals surface area (Å²) in [7, 11) is -2.23. The van der Waals surface area contributed by atoms with Crippen LogP contribution in [0.4, 0.5) is 5.69 Å². The van der Waals surface area contributed by atoms with Crippen LogP contribution in [-0.4, -0.2) is 24.1 Å². The van der Waals surface area contributed by atoms with Gasteiger partial charge in [-0.3, -0.25) is 14.3 Å². The first-order valence-electron chi connectivity index (χ1n) is 7.27. The minimum absolute atomic E-state index is 0.0927. The van der Waals surface area contributed by atoms with E-state index >= 15 is 0 Å². The van der Waals surface area contributed by atoms with Crippen LogP contribution in [0.2, 0.25) is 5.02 Å². The Labute approximate surface area is 153 Å². The van der Waals surface area contributed by atoms with E-state index in [4.69, 9.17) is 16.7 Å². The highest BCUT2D eigenvalue weighted by Gasteiger charge is 2.17. The van der Waals surface area contributed by atoms with E-state index in [9.17, 15) is 18.0 Å². The molecule has 0 aliphatic heterocycles. The van der Waals surface area contributed by atoms with Gasteiger partial charge in [-0.15, -0.1) is 0 Å². The summed E-state index contributed by atoms with van der Waals surface area (Å²) in [6.07, 6.45) is 0. The number of rotatable bonds is 3. The van der Waals surface area contributed by atoms with E-state index in [1.807, 2.05) is 0 Å². The zero-order chi connectivity index (χ0) is 19.1. The second-order valence-corrected chi connectivity index (χ2v) is 7.48. The molecule has 0 aliphatic carbocycles. The predicted octanol–water partition coefficient (Wildman–Crippen LogP) is 1.49. The number of aromatic nitrogens is 2. The van der Waals surface area contributed by atoms with E-state index in [0.717, 1.165) is 0 Å². The molecule has 1 amide bonds. The molecule has 0 spiro atoms. The number of carbonyl (C=O) groups excluding carboxylic acids is 1. The molecule has 134 valence electrons. The van der Waals surface area contributed by atoms with Gasteiger partial charge in [0.05, 0.1) is 15.8 Å². The minimum Gasteiger partial charge on any atom is -0.320 e. The zero-order valence-electron chi connectivity index (χ0n) is 13.4. The fourth-order valence-electron chi connectivity index (χ4n) is 2.42. The lowest BCUT2D eigenvalue weighted by Gasteiger charge is -2.09. The summed E-state index contributed by atoms with van der Waals surface area (Å²) in [5.74, 6) is -0.726. The van der Waals surface area contributed by atoms with Crippen LogP contribution >= 0.6 is 11.6 Å². The van der Waals surface area contributed by atoms with Gasteiger partial charge in [0.2, 0.25) is 15.5 Å². The molecule has 0 atom stereocenters. The molecule has 0 fully saturated rings. The molecule has 10 heteroatoms. The van der Waals surface area contributed by atoms with Gasteiger partial charge in [-0.05, 0) is 42.5 Å². The van der Waals surface area contributed by atoms with Crippen LogP contribution in [0.1, 0.15) is 10.5 Å². The molecular formula is C16H13ClN4O4S. The Morgan fingerprint density at radius 2 is 1.85 bits per heavy atom. The number of nitrogens with one attached hydrogen (secondary N) is 1. The van der Waals surface area contributed by atoms with Gasteiger partial charge in [-0.25, -0.2) is 13.6 Å². The largest absolute Gasteiger partial charge is 0.320 e. The van der Waals surface area contributed by atoms with Gasteiger partial charge in [-0.2, -0.15) is 5.10 Å². The Morgan fingerprint density at radius 3 is 2.46 bits per heavy atom. The fourth-order valence-corrected chi connectivity index (χ4v) is 3.10. The van der Waals surface area contributed by atoms with Crippen LogP contribution in [0, 0.1) is 0 Å². The van der Waals surface area contributed by atoms with Crippen LogP contribution in [-0.2, 0) is 17.1 Å². The van der Waals surface area contributed by atoms with Crippen LogP contribution in [0.25, 0.3) is 10.9 Å². The summed E-state index contributed by atoms with van der Waals surface area (Å²) in [6.45, 7) is 0. The standard InChI is InChI=1S/C16H13ClN4O4S/c1-21-13-7-2-9(17)8-12(13)15(22)14(20-21)16(23)19-10-3-5-11(6-4-10)26(18,24)25/h2-8H,1H3,(H,19,23)(H2,18,24,25). The first-order valence-corrected chi connectivity index (χ1v) is 9.20. The number of primary sulfonamides is 1. The second-order valence-electron chi connectivity index (χ2n) is 5.49. The Bertz CT molecular complexity index is 1190. The fraction of sp³-hybridized carbons (Fsp3) is 0.0625. The molecule has 3 N–H and O–H groups in total. The van der Waals surface area contributed by atoms with Crippen molar-refractivity contribution in [2.75, 3.05) is 5.32 Å². The summed E-state index contributed by atoms with van der Waals surface area (Å²) in [5.41, 5.74) is -0.0389. The minimum atomic E-state index is -3.83. The average molecular weight is 393 g/mol. The number of hydrogen-bond donors (Lipinski definition) is 2. The topological polar surface area (TPSA) is 124 Å². The van der Waals surface area contributed by atoms with E-state index in [1.165, 1.54) is 35.0 Å². The number of hydrogen-bond acceptors (Lipinski definition) is 5. The molecule has 3 rings (SSSR count). The summed E-state index contributed by atoms with van der Waals surface area (Å²) in [6, 6.07) is 9.95. The van der Waals surface area contributed by atoms with Crippen LogP contribution in [0.15, 0.2) is 52.2 Å². The SMILES string of the molecule is Cn1nc(C(=O)Nc2ccc(S(N)(=O)=O)cc2)c(=O)c2cc(Cl)ccc21. The number of amides is 1. The maximum Gasteiger partial charge on any atom is 0.280 e. The number of sulfonamides is 1. The van der Waals surface area contributed by atoms with Crippen molar-refractivity contribution in [1.29, 1.82) is 0 Å². The van der Waals surface area contributed by atoms with Gasteiger partial charge in [0, 0.05) is 17.8 Å². The third kappa shape index (κ3) is 3.45. The van der Waals surface area contributed by atoms with Crippen LogP contribution in [0.3, 0.4) is 0 Å². The molecule has 0 saturated carbocycles. The normalized spacial score (nSPS) is 11.5. The van der Waals surface area contributed by atoms with Gasteiger partial charge >= 0.3 is 0 Å². The van der Waals surface area contributed by atoms with Crippen LogP contribution < -0.4 is 15.9 Å². The van der Waals surface area contributed by atoms with E-state index in [1.54, 1.807) is 19.2 Å². The highest BCUT2D eigenvalue weighted by Crippen LogP contribution is 2.17. The molecule has 3 aromatic rings. The predicted molar refractivity (Wildman–Crippen MR) is 97.8 cm³/mol. The third-order valence-electron chi connectivity index (χ3n) is 3.67. The number of nitrogens with two attached hydrogens (primary N) is 1. The molecule has 0 bridgehead atoms. The smallest absolute Gasteiger partial charge is 0.280 e. The lowest BCUT2D eigenvalue weighted by atomic mass is 10.2. The molecule has 1 heterocycles. The first-order chi connectivity index (χ1) is 12.2. The first kappa shape index (κ1) is 18.1. The monoisotopic (exact) mass is 392 g/mol. The molecular weight excluding hydrogens is 380 g/mol. The number of halogens is 1. The average Bonchev–Trinajstić information content (AvgIpc) is 2.57. The number of fused-ring (bicyclic) bond motifs is 1. The van der Waals surface area contributed by atoms with Gasteiger partial charge in [0.15, 0.2) is 5.69 Å². The summed E-state index contributed by atoms with van der Waals surface area (Å²) < 4.78 is 23.9. The van der Waals surface area contributed by atoms with Crippen molar-refractivity contribution < 1.29 is 13.2 Å². The van der Waals surface area contributed by atoms with Gasteiger partial charge in [0.1, 0.15) is 0 Å². The molecule has 0 unspecified atom stereocenters. The van der Waals surface area contributed by atoms with Crippen molar-refractivity contribution in [2.45, 2.75) is 4.90 Å². The van der Waals surface area contributed by atoms with Gasteiger partial charge in [0.25, 0.3) is 5.91 Å². The van der Waals surface area contributed by atoms with E-state index in [-0.39, 0.29) is 21.7 Å². The highest BCUT2D eigenvalue weighted by molar-refractivity contribution is 7.89. The molecule has 1 aromatic heterocycles. The zero-order valence-corrected chi connectivity index (χ0v) is 15.0. The molecule has 26 heavy (non-hydrogen) atoms. The quantitative estimate of drug-likeness (QED) is 0.698. The van der Waals surface area contributed by atoms with Crippen molar-refractivity contribution in [1.82, 2.24) is 9.78 Å². The highest BCUT2D eigenvalue weighted by atomic mass is 35.5. The number of carbonyl (C=O) groups is 1. The van der Waals surface area contributed by atoms with Crippen molar-refractivity contribution in [2.24, 2.45) is 12.2 Å². The number of nitrogens with zero attached hydrogens (tertiary/aromatic N) is 2. The molecule has 0 saturated heterocycles. The summed E-state index contributed by atoms with van der Waals surface area (Å²) in [4.78, 5) is 24.9. The van der Waals surface area contributed by atoms with Crippen LogP contribution in [0.5, 0.6) is 0 Å². The molecule has 0 aliphatic rings. The van der Waals surface area contributed by atoms with E-state index in [2.05, 4.69) is 10.4 Å². The van der Waals surface area contributed by atoms with Gasteiger partial charge in [-0.1, -0.05) is 11.6 Å². The molecule has 0 radical (unpaired) electrons. The maximum atomic E-state index is 12.6. The summed E-state index contributed by atoms with van der Waals surface area (Å²) in [5, 5.41) is 12.2. The van der Waals surface area contributed by atoms with Gasteiger partial charge < -0.3 is 5.32 Å². The molecule has 2 aromatic carbocycles. The lowest BCUT2D eigenvalue weighted by molar-refractivity contribution is 0.101. The lowest BCUT2D eigenvalue weighted by Crippen LogP contribution is -2.26. The molecule has 8 nitrogen and oxygen atoms in total. The summed E-state index contributed by atoms with van der Waals surface area (Å²) >= 11 is 5.93. The van der Waals surface area contributed by atoms with Crippen molar-refractivity contribution >= 4 is 44.1 Å². The Morgan fingerprint density at radius 1 is 1.19 bits per heavy atom. The number of benzene rings is 2. The number of aryl methyl sites for hydroxylation is 1. The Hall–Kier alpha value is -2.75. The second kappa shape index (κ2) is 6.52.